The number of urea groups is 1. The highest BCUT2D eigenvalue weighted by atomic mass is 19.3. The van der Waals surface area contributed by atoms with Crippen molar-refractivity contribution in [3.05, 3.63) is 35.9 Å². The van der Waals surface area contributed by atoms with Gasteiger partial charge in [0.15, 0.2) is 5.78 Å². The second-order valence-electron chi connectivity index (χ2n) is 9.97. The third kappa shape index (κ3) is 6.08. The van der Waals surface area contributed by atoms with Crippen LogP contribution in [0, 0.1) is 16.7 Å². The average Bonchev–Trinajstić information content (AvgIpc) is 3.61. The van der Waals surface area contributed by atoms with Crippen LogP contribution >= 0.6 is 0 Å². The smallest absolute Gasteiger partial charge is 0.318 e. The number of Topliss-reactive ketones (excluding diaryl/α,β-unsaturated/α-hetero) is 1. The molecule has 3 aliphatic rings. The third-order valence-corrected chi connectivity index (χ3v) is 7.24. The van der Waals surface area contributed by atoms with Crippen LogP contribution in [0.4, 0.5) is 13.6 Å². The minimum Gasteiger partial charge on any atom is -0.328 e. The number of rotatable bonds is 9. The fourth-order valence-electron chi connectivity index (χ4n) is 5.13. The number of benzene rings is 1. The lowest BCUT2D eigenvalue weighted by Crippen LogP contribution is -2.65. The Morgan fingerprint density at radius 1 is 1.18 bits per heavy atom. The van der Waals surface area contributed by atoms with Crippen LogP contribution in [0.2, 0.25) is 0 Å². The number of carbonyl (C=O) groups is 2. The molecule has 1 atom stereocenters. The zero-order chi connectivity index (χ0) is 23.5. The van der Waals surface area contributed by atoms with E-state index >= 15 is 0 Å². The van der Waals surface area contributed by atoms with Crippen molar-refractivity contribution in [2.24, 2.45) is 5.41 Å². The standard InChI is InChI=1S/C25H32F2N4O2/c26-25(27,15-19-5-2-1-3-6-19)16-21(22(32)7-4-12-28)29-23(33)31-17-24(18-31)10-13-30(14-11-24)20-8-9-20/h1-3,5-6,20-21H,4,7-11,13-18H2,(H,29,33)/t21-/m0/s1. The van der Waals surface area contributed by atoms with E-state index in [1.807, 2.05) is 6.07 Å². The predicted molar refractivity (Wildman–Crippen MR) is 120 cm³/mol. The number of nitrogens with one attached hydrogen (secondary N) is 1. The lowest BCUT2D eigenvalue weighted by Gasteiger charge is -2.54. The molecule has 33 heavy (non-hydrogen) atoms. The average molecular weight is 459 g/mol. The van der Waals surface area contributed by atoms with Gasteiger partial charge in [0.1, 0.15) is 0 Å². The van der Waals surface area contributed by atoms with E-state index in [2.05, 4.69) is 10.2 Å². The van der Waals surface area contributed by atoms with E-state index in [4.69, 9.17) is 5.26 Å². The molecule has 1 N–H and O–H groups in total. The number of halogens is 2. The van der Waals surface area contributed by atoms with Gasteiger partial charge in [0.2, 0.25) is 0 Å². The second kappa shape index (κ2) is 9.76. The molecule has 0 aromatic heterocycles. The molecule has 2 heterocycles. The number of likely N-dealkylation sites (tertiary alicyclic amines) is 2. The van der Waals surface area contributed by atoms with Crippen LogP contribution in [0.3, 0.4) is 0 Å². The summed E-state index contributed by atoms with van der Waals surface area (Å²) >= 11 is 0. The first-order chi connectivity index (χ1) is 15.8. The maximum atomic E-state index is 14.8. The van der Waals surface area contributed by atoms with Gasteiger partial charge in [-0.25, -0.2) is 13.6 Å². The summed E-state index contributed by atoms with van der Waals surface area (Å²) in [5, 5.41) is 11.4. The molecule has 2 aliphatic heterocycles. The molecule has 8 heteroatoms. The Bertz CT molecular complexity index is 881. The molecule has 6 nitrogen and oxygen atoms in total. The Morgan fingerprint density at radius 3 is 2.45 bits per heavy atom. The van der Waals surface area contributed by atoms with Crippen LogP contribution in [0.1, 0.15) is 50.5 Å². The number of piperidine rings is 1. The topological polar surface area (TPSA) is 76.4 Å². The van der Waals surface area contributed by atoms with Crippen molar-refractivity contribution in [3.63, 3.8) is 0 Å². The van der Waals surface area contributed by atoms with Crippen molar-refractivity contribution in [2.75, 3.05) is 26.2 Å². The Balaban J connectivity index is 1.32. The summed E-state index contributed by atoms with van der Waals surface area (Å²) in [4.78, 5) is 29.5. The lowest BCUT2D eigenvalue weighted by atomic mass is 9.72. The molecule has 0 unspecified atom stereocenters. The third-order valence-electron chi connectivity index (χ3n) is 7.24. The van der Waals surface area contributed by atoms with E-state index in [9.17, 15) is 18.4 Å². The fraction of sp³-hybridized carbons (Fsp3) is 0.640. The largest absolute Gasteiger partial charge is 0.328 e. The molecule has 4 rings (SSSR count). The number of alkyl halides is 2. The SMILES string of the molecule is N#CCCC(=O)[C@H](CC(F)(F)Cc1ccccc1)NC(=O)N1CC2(CCN(C3CC3)CC2)C1. The Kier molecular flexibility index (Phi) is 6.99. The van der Waals surface area contributed by atoms with Gasteiger partial charge < -0.3 is 15.1 Å². The molecular formula is C25H32F2N4O2. The van der Waals surface area contributed by atoms with Gasteiger partial charge in [0.05, 0.1) is 12.1 Å². The Labute approximate surface area is 193 Å². The maximum Gasteiger partial charge on any atom is 0.318 e. The van der Waals surface area contributed by atoms with Crippen molar-refractivity contribution in [1.82, 2.24) is 15.1 Å². The van der Waals surface area contributed by atoms with Crippen molar-refractivity contribution in [3.8, 4) is 6.07 Å². The molecule has 3 fully saturated rings. The first kappa shape index (κ1) is 23.6. The number of carbonyl (C=O) groups excluding carboxylic acids is 2. The molecule has 1 aromatic rings. The van der Waals surface area contributed by atoms with Gasteiger partial charge in [-0.2, -0.15) is 5.26 Å². The van der Waals surface area contributed by atoms with Crippen LogP contribution in [-0.4, -0.2) is 65.8 Å². The summed E-state index contributed by atoms with van der Waals surface area (Å²) < 4.78 is 29.6. The summed E-state index contributed by atoms with van der Waals surface area (Å²) in [6.07, 6.45) is 3.20. The molecule has 0 radical (unpaired) electrons. The van der Waals surface area contributed by atoms with Crippen LogP contribution in [0.25, 0.3) is 0 Å². The molecule has 0 bridgehead atoms. The second-order valence-corrected chi connectivity index (χ2v) is 9.97. The van der Waals surface area contributed by atoms with E-state index in [1.54, 1.807) is 35.2 Å². The van der Waals surface area contributed by atoms with Gasteiger partial charge in [0.25, 0.3) is 5.92 Å². The zero-order valence-electron chi connectivity index (χ0n) is 18.9. The lowest BCUT2D eigenvalue weighted by molar-refractivity contribution is -0.123. The van der Waals surface area contributed by atoms with Crippen LogP contribution in [0.15, 0.2) is 30.3 Å². The Hall–Kier alpha value is -2.53. The molecule has 2 amide bonds. The highest BCUT2D eigenvalue weighted by Gasteiger charge is 2.48. The summed E-state index contributed by atoms with van der Waals surface area (Å²) in [6, 6.07) is 9.23. The quantitative estimate of drug-likeness (QED) is 0.611. The van der Waals surface area contributed by atoms with Gasteiger partial charge >= 0.3 is 6.03 Å². The van der Waals surface area contributed by atoms with Crippen molar-refractivity contribution in [2.45, 2.75) is 69.4 Å². The van der Waals surface area contributed by atoms with Crippen LogP contribution in [-0.2, 0) is 11.2 Å². The number of amides is 2. The van der Waals surface area contributed by atoms with Gasteiger partial charge in [-0.3, -0.25) is 4.79 Å². The number of hydrogen-bond acceptors (Lipinski definition) is 4. The fourth-order valence-corrected chi connectivity index (χ4v) is 5.13. The minimum atomic E-state index is -3.16. The molecular weight excluding hydrogens is 426 g/mol. The number of ketones is 1. The van der Waals surface area contributed by atoms with Gasteiger partial charge in [-0.15, -0.1) is 0 Å². The first-order valence-corrected chi connectivity index (χ1v) is 11.9. The van der Waals surface area contributed by atoms with E-state index in [0.717, 1.165) is 32.0 Å². The molecule has 1 spiro atoms. The number of nitrogens with zero attached hydrogens (tertiary/aromatic N) is 3. The normalized spacial score (nSPS) is 21.2. The van der Waals surface area contributed by atoms with Crippen LogP contribution < -0.4 is 5.32 Å². The molecule has 1 aliphatic carbocycles. The summed E-state index contributed by atoms with van der Waals surface area (Å²) in [5.74, 6) is -3.68. The van der Waals surface area contributed by atoms with E-state index in [0.29, 0.717) is 18.7 Å². The monoisotopic (exact) mass is 458 g/mol. The summed E-state index contributed by atoms with van der Waals surface area (Å²) in [7, 11) is 0. The molecule has 178 valence electrons. The van der Waals surface area contributed by atoms with Crippen molar-refractivity contribution < 1.29 is 18.4 Å². The summed E-state index contributed by atoms with van der Waals surface area (Å²) in [6.45, 7) is 3.33. The minimum absolute atomic E-state index is 0.0558. The summed E-state index contributed by atoms with van der Waals surface area (Å²) in [5.41, 5.74) is 0.597. The van der Waals surface area contributed by atoms with Crippen molar-refractivity contribution in [1.29, 1.82) is 5.26 Å². The molecule has 1 aromatic carbocycles. The number of hydrogen-bond donors (Lipinski definition) is 1. The zero-order valence-corrected chi connectivity index (χ0v) is 18.9. The van der Waals surface area contributed by atoms with E-state index in [1.165, 1.54) is 12.8 Å². The predicted octanol–water partition coefficient (Wildman–Crippen LogP) is 3.77. The first-order valence-electron chi connectivity index (χ1n) is 11.9. The van der Waals surface area contributed by atoms with Crippen LogP contribution in [0.5, 0.6) is 0 Å². The highest BCUT2D eigenvalue weighted by Crippen LogP contribution is 2.42. The van der Waals surface area contributed by atoms with E-state index in [-0.39, 0.29) is 18.3 Å². The maximum absolute atomic E-state index is 14.8. The van der Waals surface area contributed by atoms with Gasteiger partial charge in [-0.05, 0) is 44.3 Å². The van der Waals surface area contributed by atoms with E-state index < -0.39 is 36.6 Å². The van der Waals surface area contributed by atoms with Gasteiger partial charge in [-0.1, -0.05) is 30.3 Å². The van der Waals surface area contributed by atoms with Gasteiger partial charge in [0, 0.05) is 50.2 Å². The highest BCUT2D eigenvalue weighted by molar-refractivity contribution is 5.89. The number of nitriles is 1. The Morgan fingerprint density at radius 2 is 1.85 bits per heavy atom. The van der Waals surface area contributed by atoms with Crippen molar-refractivity contribution >= 4 is 11.8 Å². The molecule has 1 saturated carbocycles. The molecule has 2 saturated heterocycles.